The Bertz CT molecular complexity index is 947. The van der Waals surface area contributed by atoms with Crippen LogP contribution in [0.4, 0.5) is 4.39 Å². The Morgan fingerprint density at radius 2 is 2.00 bits per heavy atom. The van der Waals surface area contributed by atoms with Crippen LogP contribution in [0.15, 0.2) is 42.9 Å². The lowest BCUT2D eigenvalue weighted by atomic mass is 9.99. The molecule has 0 aliphatic carbocycles. The molecule has 26 heavy (non-hydrogen) atoms. The fourth-order valence-corrected chi connectivity index (χ4v) is 3.36. The van der Waals surface area contributed by atoms with E-state index in [0.717, 1.165) is 11.1 Å². The molecule has 8 heteroatoms. The molecule has 0 unspecified atom stereocenters. The summed E-state index contributed by atoms with van der Waals surface area (Å²) in [4.78, 5) is 8.33. The van der Waals surface area contributed by atoms with E-state index in [1.165, 1.54) is 30.6 Å². The predicted octanol–water partition coefficient (Wildman–Crippen LogP) is 1.23. The summed E-state index contributed by atoms with van der Waals surface area (Å²) in [6.45, 7) is 1.84. The summed E-state index contributed by atoms with van der Waals surface area (Å²) in [5, 5.41) is 32.1. The molecule has 1 saturated heterocycles. The monoisotopic (exact) mass is 359 g/mol. The summed E-state index contributed by atoms with van der Waals surface area (Å²) in [6, 6.07) is 7.22. The maximum atomic E-state index is 13.4. The van der Waals surface area contributed by atoms with Crippen molar-refractivity contribution in [2.75, 3.05) is 0 Å². The molecule has 5 atom stereocenters. The van der Waals surface area contributed by atoms with E-state index in [9.17, 15) is 19.7 Å². The zero-order valence-corrected chi connectivity index (χ0v) is 13.9. The number of aliphatic hydroxyl groups excluding tert-OH is 3. The van der Waals surface area contributed by atoms with E-state index >= 15 is 0 Å². The van der Waals surface area contributed by atoms with E-state index in [4.69, 9.17) is 4.74 Å². The highest BCUT2D eigenvalue weighted by atomic mass is 19.1. The second kappa shape index (κ2) is 6.40. The Kier molecular flexibility index (Phi) is 4.20. The first kappa shape index (κ1) is 17.0. The Hall–Kier alpha value is -2.39. The van der Waals surface area contributed by atoms with Crippen LogP contribution in [0.1, 0.15) is 23.6 Å². The highest BCUT2D eigenvalue weighted by Crippen LogP contribution is 2.37. The van der Waals surface area contributed by atoms with Gasteiger partial charge < -0.3 is 24.6 Å². The lowest BCUT2D eigenvalue weighted by Gasteiger charge is -2.21. The quantitative estimate of drug-likeness (QED) is 0.650. The van der Waals surface area contributed by atoms with E-state index in [2.05, 4.69) is 9.97 Å². The number of ether oxygens (including phenoxy) is 1. The van der Waals surface area contributed by atoms with Crippen LogP contribution in [0.5, 0.6) is 0 Å². The van der Waals surface area contributed by atoms with Crippen LogP contribution in [0.3, 0.4) is 0 Å². The van der Waals surface area contributed by atoms with Crippen molar-refractivity contribution < 1.29 is 24.4 Å². The molecule has 0 spiro atoms. The number of hydrogen-bond acceptors (Lipinski definition) is 6. The molecule has 0 bridgehead atoms. The summed E-state index contributed by atoms with van der Waals surface area (Å²) >= 11 is 0. The fourth-order valence-electron chi connectivity index (χ4n) is 3.36. The van der Waals surface area contributed by atoms with Gasteiger partial charge in [-0.1, -0.05) is 12.1 Å². The molecule has 1 aliphatic heterocycles. The van der Waals surface area contributed by atoms with E-state index < -0.39 is 36.5 Å². The first-order chi connectivity index (χ1) is 12.5. The molecule has 3 aromatic rings. The lowest BCUT2D eigenvalue weighted by molar-refractivity contribution is -0.0849. The van der Waals surface area contributed by atoms with Gasteiger partial charge in [-0.05, 0) is 30.7 Å². The Morgan fingerprint density at radius 3 is 2.77 bits per heavy atom. The number of aryl methyl sites for hydroxylation is 1. The third-order valence-corrected chi connectivity index (χ3v) is 4.76. The third-order valence-electron chi connectivity index (χ3n) is 4.76. The van der Waals surface area contributed by atoms with Gasteiger partial charge in [0.15, 0.2) is 6.23 Å². The van der Waals surface area contributed by atoms with E-state index in [-0.39, 0.29) is 5.56 Å². The standard InChI is InChI=1S/C18H18FN3O4/c1-9-12-5-6-22(17(12)21-8-20-9)18-15(25)14(24)16(26-18)13(23)10-3-2-4-11(19)7-10/h2-8,13-16,18,23-25H,1H3/t13-,14-,15+,16+,18+/m0/s1. The van der Waals surface area contributed by atoms with Gasteiger partial charge in [0, 0.05) is 11.6 Å². The molecule has 4 rings (SSSR count). The molecule has 0 radical (unpaired) electrons. The minimum Gasteiger partial charge on any atom is -0.387 e. The van der Waals surface area contributed by atoms with E-state index in [0.29, 0.717) is 5.65 Å². The van der Waals surface area contributed by atoms with Gasteiger partial charge in [-0.15, -0.1) is 0 Å². The van der Waals surface area contributed by atoms with Crippen LogP contribution in [0.2, 0.25) is 0 Å². The van der Waals surface area contributed by atoms with Crippen LogP contribution < -0.4 is 0 Å². The maximum Gasteiger partial charge on any atom is 0.164 e. The Balaban J connectivity index is 1.66. The molecule has 2 aromatic heterocycles. The normalized spacial score (nSPS) is 27.1. The molecule has 1 aromatic carbocycles. The molecule has 1 aliphatic rings. The molecule has 3 N–H and O–H groups in total. The molecular weight excluding hydrogens is 341 g/mol. The van der Waals surface area contributed by atoms with Crippen LogP contribution in [-0.2, 0) is 4.74 Å². The molecule has 0 amide bonds. The minimum atomic E-state index is -1.35. The first-order valence-corrected chi connectivity index (χ1v) is 8.20. The first-order valence-electron chi connectivity index (χ1n) is 8.20. The second-order valence-corrected chi connectivity index (χ2v) is 6.39. The number of benzene rings is 1. The number of rotatable bonds is 3. The largest absolute Gasteiger partial charge is 0.387 e. The summed E-state index contributed by atoms with van der Waals surface area (Å²) in [5.41, 5.74) is 1.59. The van der Waals surface area contributed by atoms with Gasteiger partial charge in [-0.3, -0.25) is 0 Å². The highest BCUT2D eigenvalue weighted by Gasteiger charge is 2.47. The van der Waals surface area contributed by atoms with Crippen molar-refractivity contribution in [3.8, 4) is 0 Å². The lowest BCUT2D eigenvalue weighted by Crippen LogP contribution is -2.34. The second-order valence-electron chi connectivity index (χ2n) is 6.39. The van der Waals surface area contributed by atoms with Gasteiger partial charge in [0.1, 0.15) is 42.2 Å². The van der Waals surface area contributed by atoms with Crippen LogP contribution in [-0.4, -0.2) is 48.2 Å². The summed E-state index contributed by atoms with van der Waals surface area (Å²) < 4.78 is 20.8. The summed E-state index contributed by atoms with van der Waals surface area (Å²) in [7, 11) is 0. The smallest absolute Gasteiger partial charge is 0.164 e. The average molecular weight is 359 g/mol. The van der Waals surface area contributed by atoms with E-state index in [1.807, 2.05) is 6.92 Å². The number of aromatic nitrogens is 3. The Labute approximate surface area is 148 Å². The highest BCUT2D eigenvalue weighted by molar-refractivity contribution is 5.78. The number of halogens is 1. The number of aliphatic hydroxyl groups is 3. The van der Waals surface area contributed by atoms with Crippen LogP contribution >= 0.6 is 0 Å². The van der Waals surface area contributed by atoms with Crippen LogP contribution in [0, 0.1) is 12.7 Å². The van der Waals surface area contributed by atoms with Crippen molar-refractivity contribution in [3.05, 3.63) is 59.9 Å². The molecule has 0 saturated carbocycles. The van der Waals surface area contributed by atoms with Gasteiger partial charge in [0.25, 0.3) is 0 Å². The van der Waals surface area contributed by atoms with Gasteiger partial charge in [-0.25, -0.2) is 14.4 Å². The van der Waals surface area contributed by atoms with Crippen molar-refractivity contribution >= 4 is 11.0 Å². The third kappa shape index (κ3) is 2.67. The van der Waals surface area contributed by atoms with Crippen LogP contribution in [0.25, 0.3) is 11.0 Å². The van der Waals surface area contributed by atoms with Gasteiger partial charge in [-0.2, -0.15) is 0 Å². The Morgan fingerprint density at radius 1 is 1.19 bits per heavy atom. The van der Waals surface area contributed by atoms with Crippen molar-refractivity contribution in [1.29, 1.82) is 0 Å². The summed E-state index contributed by atoms with van der Waals surface area (Å²) in [6.07, 6.45) is -2.89. The molecule has 7 nitrogen and oxygen atoms in total. The molecular formula is C18H18FN3O4. The van der Waals surface area contributed by atoms with Crippen molar-refractivity contribution in [2.45, 2.75) is 37.6 Å². The van der Waals surface area contributed by atoms with Gasteiger partial charge >= 0.3 is 0 Å². The SMILES string of the molecule is Cc1ncnc2c1ccn2[C@@H]1O[C@H]([C@@H](O)c2cccc(F)c2)[C@@H](O)[C@H]1O. The maximum absolute atomic E-state index is 13.4. The van der Waals surface area contributed by atoms with Gasteiger partial charge in [0.2, 0.25) is 0 Å². The van der Waals surface area contributed by atoms with Crippen molar-refractivity contribution in [2.24, 2.45) is 0 Å². The number of nitrogens with zero attached hydrogens (tertiary/aromatic N) is 3. The van der Waals surface area contributed by atoms with Gasteiger partial charge in [0.05, 0.1) is 5.69 Å². The van der Waals surface area contributed by atoms with Crippen molar-refractivity contribution in [3.63, 3.8) is 0 Å². The fraction of sp³-hybridized carbons (Fsp3) is 0.333. The average Bonchev–Trinajstić information content (AvgIpc) is 3.18. The van der Waals surface area contributed by atoms with E-state index in [1.54, 1.807) is 16.8 Å². The number of hydrogen-bond donors (Lipinski definition) is 3. The van der Waals surface area contributed by atoms with Crippen molar-refractivity contribution in [1.82, 2.24) is 14.5 Å². The zero-order chi connectivity index (χ0) is 18.4. The zero-order valence-electron chi connectivity index (χ0n) is 13.9. The molecule has 136 valence electrons. The predicted molar refractivity (Wildman–Crippen MR) is 89.5 cm³/mol. The number of fused-ring (bicyclic) bond motifs is 1. The minimum absolute atomic E-state index is 0.262. The topological polar surface area (TPSA) is 101 Å². The molecule has 1 fully saturated rings. The summed E-state index contributed by atoms with van der Waals surface area (Å²) in [5.74, 6) is -0.505. The molecule has 3 heterocycles.